The molecule has 24 heavy (non-hydrogen) atoms. The zero-order chi connectivity index (χ0) is 17.7. The lowest BCUT2D eigenvalue weighted by Crippen LogP contribution is -2.57. The zero-order valence-corrected chi connectivity index (χ0v) is 15.6. The highest BCUT2D eigenvalue weighted by Gasteiger charge is 2.33. The minimum Gasteiger partial charge on any atom is -0.342 e. The number of hydrogen-bond donors (Lipinski definition) is 1. The number of carbonyl (C=O) groups excluding carboxylic acids is 2. The second-order valence-corrected chi connectivity index (χ2v) is 8.24. The Labute approximate surface area is 146 Å². The van der Waals surface area contributed by atoms with Crippen LogP contribution in [0.4, 0.5) is 0 Å². The lowest BCUT2D eigenvalue weighted by molar-refractivity contribution is -0.137. The Bertz CT molecular complexity index is 431. The normalized spacial score (nSPS) is 22.2. The molecule has 2 saturated heterocycles. The molecule has 0 aromatic rings. The number of piperazine rings is 1. The summed E-state index contributed by atoms with van der Waals surface area (Å²) in [5, 5.41) is 0. The molecule has 2 heterocycles. The van der Waals surface area contributed by atoms with Crippen LogP contribution in [0.3, 0.4) is 0 Å². The Hall–Kier alpha value is -1.14. The van der Waals surface area contributed by atoms with Crippen molar-refractivity contribution in [2.45, 2.75) is 52.5 Å². The van der Waals surface area contributed by atoms with E-state index in [1.165, 1.54) is 12.8 Å². The fraction of sp³-hybridized carbons (Fsp3) is 0.889. The van der Waals surface area contributed by atoms with Crippen LogP contribution in [0, 0.1) is 5.41 Å². The van der Waals surface area contributed by atoms with Crippen molar-refractivity contribution >= 4 is 11.8 Å². The largest absolute Gasteiger partial charge is 0.342 e. The van der Waals surface area contributed by atoms with E-state index in [9.17, 15) is 9.59 Å². The molecule has 1 atom stereocenters. The molecule has 6 nitrogen and oxygen atoms in total. The van der Waals surface area contributed by atoms with Gasteiger partial charge in [-0.1, -0.05) is 33.6 Å². The van der Waals surface area contributed by atoms with Gasteiger partial charge < -0.3 is 15.5 Å². The van der Waals surface area contributed by atoms with Crippen molar-refractivity contribution in [2.24, 2.45) is 11.1 Å². The summed E-state index contributed by atoms with van der Waals surface area (Å²) in [5.41, 5.74) is 5.86. The van der Waals surface area contributed by atoms with E-state index in [2.05, 4.69) is 4.90 Å². The molecule has 0 bridgehead atoms. The van der Waals surface area contributed by atoms with Gasteiger partial charge in [0.1, 0.15) is 0 Å². The third kappa shape index (κ3) is 5.18. The Balaban J connectivity index is 1.78. The quantitative estimate of drug-likeness (QED) is 0.830. The first kappa shape index (κ1) is 19.2. The number of hydrogen-bond acceptors (Lipinski definition) is 4. The van der Waals surface area contributed by atoms with E-state index in [1.54, 1.807) is 0 Å². The van der Waals surface area contributed by atoms with Crippen molar-refractivity contribution in [2.75, 3.05) is 45.8 Å². The summed E-state index contributed by atoms with van der Waals surface area (Å²) in [7, 11) is 0. The molecule has 2 rings (SSSR count). The topological polar surface area (TPSA) is 69.9 Å². The summed E-state index contributed by atoms with van der Waals surface area (Å²) in [6.45, 7) is 11.1. The van der Waals surface area contributed by atoms with Crippen molar-refractivity contribution in [3.8, 4) is 0 Å². The predicted octanol–water partition coefficient (Wildman–Crippen LogP) is 0.907. The molecule has 2 N–H and O–H groups in total. The van der Waals surface area contributed by atoms with Gasteiger partial charge in [0.05, 0.1) is 12.6 Å². The standard InChI is InChI=1S/C18H34N4O2/c1-18(2,3)16(19)17(24)22-12-10-20(11-13-22)14-15(23)21-8-6-4-5-7-9-21/h16H,4-14,19H2,1-3H3/t16-/m1/s1. The van der Waals surface area contributed by atoms with E-state index in [4.69, 9.17) is 5.73 Å². The van der Waals surface area contributed by atoms with E-state index in [-0.39, 0.29) is 17.2 Å². The van der Waals surface area contributed by atoms with Crippen LogP contribution in [0.5, 0.6) is 0 Å². The minimum absolute atomic E-state index is 0.0287. The van der Waals surface area contributed by atoms with Crippen LogP contribution in [-0.4, -0.2) is 78.4 Å². The molecule has 6 heteroatoms. The number of rotatable bonds is 3. The van der Waals surface area contributed by atoms with Gasteiger partial charge in [-0.05, 0) is 18.3 Å². The van der Waals surface area contributed by atoms with Crippen LogP contribution in [0.1, 0.15) is 46.5 Å². The molecule has 0 unspecified atom stereocenters. The number of nitrogens with zero attached hydrogens (tertiary/aromatic N) is 3. The third-order valence-electron chi connectivity index (χ3n) is 5.20. The number of nitrogens with two attached hydrogens (primary N) is 1. The van der Waals surface area contributed by atoms with Crippen molar-refractivity contribution in [1.82, 2.24) is 14.7 Å². The maximum absolute atomic E-state index is 12.5. The van der Waals surface area contributed by atoms with Gasteiger partial charge in [0.25, 0.3) is 0 Å². The highest BCUT2D eigenvalue weighted by atomic mass is 16.2. The van der Waals surface area contributed by atoms with Crippen LogP contribution in [-0.2, 0) is 9.59 Å². The maximum atomic E-state index is 12.5. The second kappa shape index (κ2) is 8.30. The SMILES string of the molecule is CC(C)(C)[C@H](N)C(=O)N1CCN(CC(=O)N2CCCCCC2)CC1. The summed E-state index contributed by atoms with van der Waals surface area (Å²) in [4.78, 5) is 31.0. The van der Waals surface area contributed by atoms with Gasteiger partial charge in [-0.25, -0.2) is 0 Å². The Morgan fingerprint density at radius 3 is 1.92 bits per heavy atom. The summed E-state index contributed by atoms with van der Waals surface area (Å²) >= 11 is 0. The number of likely N-dealkylation sites (tertiary alicyclic amines) is 1. The number of carbonyl (C=O) groups is 2. The highest BCUT2D eigenvalue weighted by Crippen LogP contribution is 2.20. The second-order valence-electron chi connectivity index (χ2n) is 8.24. The summed E-state index contributed by atoms with van der Waals surface area (Å²) in [6.07, 6.45) is 4.72. The summed E-state index contributed by atoms with van der Waals surface area (Å²) in [6, 6.07) is -0.470. The summed E-state index contributed by atoms with van der Waals surface area (Å²) in [5.74, 6) is 0.268. The van der Waals surface area contributed by atoms with Crippen LogP contribution >= 0.6 is 0 Å². The molecule has 2 aliphatic heterocycles. The Morgan fingerprint density at radius 1 is 0.875 bits per heavy atom. The molecule has 0 aromatic carbocycles. The van der Waals surface area contributed by atoms with Gasteiger partial charge in [0.2, 0.25) is 11.8 Å². The highest BCUT2D eigenvalue weighted by molar-refractivity contribution is 5.82. The molecule has 0 saturated carbocycles. The summed E-state index contributed by atoms with van der Waals surface area (Å²) < 4.78 is 0. The number of amides is 2. The average Bonchev–Trinajstić information content (AvgIpc) is 2.82. The molecular formula is C18H34N4O2. The molecule has 0 spiro atoms. The Kier molecular flexibility index (Phi) is 6.63. The molecule has 2 aliphatic rings. The fourth-order valence-electron chi connectivity index (χ4n) is 3.30. The third-order valence-corrected chi connectivity index (χ3v) is 5.20. The maximum Gasteiger partial charge on any atom is 0.240 e. The molecular weight excluding hydrogens is 304 g/mol. The molecule has 0 aromatic heterocycles. The molecule has 2 amide bonds. The monoisotopic (exact) mass is 338 g/mol. The van der Waals surface area contributed by atoms with Crippen molar-refractivity contribution < 1.29 is 9.59 Å². The van der Waals surface area contributed by atoms with E-state index in [0.717, 1.165) is 39.0 Å². The minimum atomic E-state index is -0.470. The zero-order valence-electron chi connectivity index (χ0n) is 15.6. The van der Waals surface area contributed by atoms with Crippen molar-refractivity contribution in [1.29, 1.82) is 0 Å². The van der Waals surface area contributed by atoms with Crippen molar-refractivity contribution in [3.63, 3.8) is 0 Å². The molecule has 138 valence electrons. The fourth-order valence-corrected chi connectivity index (χ4v) is 3.30. The van der Waals surface area contributed by atoms with Crippen LogP contribution in [0.15, 0.2) is 0 Å². The van der Waals surface area contributed by atoms with Crippen LogP contribution in [0.25, 0.3) is 0 Å². The van der Waals surface area contributed by atoms with E-state index < -0.39 is 6.04 Å². The molecule has 0 aliphatic carbocycles. The van der Waals surface area contributed by atoms with Gasteiger partial charge in [-0.2, -0.15) is 0 Å². The van der Waals surface area contributed by atoms with Crippen molar-refractivity contribution in [3.05, 3.63) is 0 Å². The molecule has 2 fully saturated rings. The molecule has 0 radical (unpaired) electrons. The Morgan fingerprint density at radius 2 is 1.42 bits per heavy atom. The van der Waals surface area contributed by atoms with Crippen LogP contribution < -0.4 is 5.73 Å². The first-order chi connectivity index (χ1) is 11.3. The first-order valence-electron chi connectivity index (χ1n) is 9.33. The van der Waals surface area contributed by atoms with E-state index in [0.29, 0.717) is 19.6 Å². The van der Waals surface area contributed by atoms with Gasteiger partial charge >= 0.3 is 0 Å². The van der Waals surface area contributed by atoms with Gasteiger partial charge in [-0.3, -0.25) is 14.5 Å². The predicted molar refractivity (Wildman–Crippen MR) is 95.5 cm³/mol. The van der Waals surface area contributed by atoms with E-state index >= 15 is 0 Å². The average molecular weight is 338 g/mol. The first-order valence-corrected chi connectivity index (χ1v) is 9.33. The van der Waals surface area contributed by atoms with Crippen LogP contribution in [0.2, 0.25) is 0 Å². The lowest BCUT2D eigenvalue weighted by Gasteiger charge is -2.38. The van der Waals surface area contributed by atoms with E-state index in [1.807, 2.05) is 30.6 Å². The van der Waals surface area contributed by atoms with Gasteiger partial charge in [0, 0.05) is 39.3 Å². The smallest absolute Gasteiger partial charge is 0.240 e. The lowest BCUT2D eigenvalue weighted by atomic mass is 9.86. The van der Waals surface area contributed by atoms with Gasteiger partial charge in [0.15, 0.2) is 0 Å². The van der Waals surface area contributed by atoms with Gasteiger partial charge in [-0.15, -0.1) is 0 Å².